The van der Waals surface area contributed by atoms with Gasteiger partial charge in [0.1, 0.15) is 0 Å². The minimum atomic E-state index is 0.0467. The number of nitrogens with zero attached hydrogens (tertiary/aromatic N) is 1. The fraction of sp³-hybridized carbons (Fsp3) is 0.704. The molecule has 3 fully saturated rings. The molecule has 2 heterocycles. The van der Waals surface area contributed by atoms with Gasteiger partial charge in [-0.3, -0.25) is 9.59 Å². The van der Waals surface area contributed by atoms with Gasteiger partial charge in [-0.05, 0) is 56.2 Å². The van der Waals surface area contributed by atoms with Crippen molar-refractivity contribution in [1.29, 1.82) is 0 Å². The Morgan fingerprint density at radius 3 is 2.75 bits per heavy atom. The maximum Gasteiger partial charge on any atom is 0.227 e. The van der Waals surface area contributed by atoms with Gasteiger partial charge in [0.25, 0.3) is 0 Å². The summed E-state index contributed by atoms with van der Waals surface area (Å²) in [5.41, 5.74) is 1.99. The molecule has 2 amide bonds. The molecule has 3 aliphatic rings. The van der Waals surface area contributed by atoms with Crippen LogP contribution in [-0.4, -0.2) is 35.9 Å². The van der Waals surface area contributed by atoms with Gasteiger partial charge >= 0.3 is 0 Å². The van der Waals surface area contributed by atoms with Crippen molar-refractivity contribution in [3.8, 4) is 0 Å². The topological polar surface area (TPSA) is 58.6 Å². The van der Waals surface area contributed by atoms with E-state index in [1.807, 2.05) is 12.1 Å². The van der Waals surface area contributed by atoms with E-state index in [-0.39, 0.29) is 30.0 Å². The average molecular weight is 441 g/mol. The van der Waals surface area contributed by atoms with E-state index < -0.39 is 0 Å². The van der Waals surface area contributed by atoms with Crippen LogP contribution in [0.3, 0.4) is 0 Å². The van der Waals surface area contributed by atoms with Crippen LogP contribution >= 0.6 is 0 Å². The lowest BCUT2D eigenvalue weighted by molar-refractivity contribution is -0.138. The number of carbonyl (C=O) groups is 2. The Kier molecular flexibility index (Phi) is 7.88. The number of carbonyl (C=O) groups excluding carboxylic acids is 2. The van der Waals surface area contributed by atoms with Crippen LogP contribution in [-0.2, 0) is 14.3 Å². The van der Waals surface area contributed by atoms with Gasteiger partial charge in [-0.2, -0.15) is 0 Å². The summed E-state index contributed by atoms with van der Waals surface area (Å²) in [5.74, 6) is 1.25. The molecular weight excluding hydrogens is 400 g/mol. The highest BCUT2D eigenvalue weighted by Gasteiger charge is 2.41. The lowest BCUT2D eigenvalue weighted by atomic mass is 9.90. The minimum absolute atomic E-state index is 0.0467. The number of anilines is 1. The van der Waals surface area contributed by atoms with Crippen molar-refractivity contribution in [3.63, 3.8) is 0 Å². The fourth-order valence-corrected chi connectivity index (χ4v) is 5.84. The third-order valence-corrected chi connectivity index (χ3v) is 7.83. The SMILES string of the molecule is CCCCC(CC)C(=O)Nc1cccc(C2CC3CN(C(=O)C4CCCC4)CCC3O2)c1. The Balaban J connectivity index is 1.35. The molecule has 1 saturated carbocycles. The molecule has 5 nitrogen and oxygen atoms in total. The highest BCUT2D eigenvalue weighted by atomic mass is 16.5. The van der Waals surface area contributed by atoms with Crippen LogP contribution in [0.25, 0.3) is 0 Å². The molecule has 1 aromatic carbocycles. The second-order valence-corrected chi connectivity index (χ2v) is 10.1. The number of rotatable bonds is 8. The number of amides is 2. The molecule has 4 rings (SSSR count). The molecule has 0 spiro atoms. The third-order valence-electron chi connectivity index (χ3n) is 7.83. The van der Waals surface area contributed by atoms with Crippen molar-refractivity contribution < 1.29 is 14.3 Å². The van der Waals surface area contributed by atoms with Crippen molar-refractivity contribution >= 4 is 17.5 Å². The molecule has 2 saturated heterocycles. The number of likely N-dealkylation sites (tertiary alicyclic amines) is 1. The van der Waals surface area contributed by atoms with Crippen LogP contribution in [0, 0.1) is 17.8 Å². The molecule has 4 atom stereocenters. The number of benzene rings is 1. The molecule has 0 aromatic heterocycles. The van der Waals surface area contributed by atoms with Crippen molar-refractivity contribution in [2.24, 2.45) is 17.8 Å². The van der Waals surface area contributed by atoms with E-state index in [9.17, 15) is 9.59 Å². The summed E-state index contributed by atoms with van der Waals surface area (Å²) in [4.78, 5) is 27.7. The monoisotopic (exact) mass is 440 g/mol. The Hall–Kier alpha value is -1.88. The van der Waals surface area contributed by atoms with Crippen LogP contribution in [0.5, 0.6) is 0 Å². The van der Waals surface area contributed by atoms with Crippen LogP contribution in [0.4, 0.5) is 5.69 Å². The van der Waals surface area contributed by atoms with Gasteiger partial charge in [0.05, 0.1) is 12.2 Å². The number of hydrogen-bond donors (Lipinski definition) is 1. The lowest BCUT2D eigenvalue weighted by Gasteiger charge is -2.35. The summed E-state index contributed by atoms with van der Waals surface area (Å²) >= 11 is 0. The van der Waals surface area contributed by atoms with E-state index >= 15 is 0 Å². The van der Waals surface area contributed by atoms with Gasteiger partial charge in [-0.15, -0.1) is 0 Å². The Morgan fingerprint density at radius 2 is 2.00 bits per heavy atom. The Morgan fingerprint density at radius 1 is 1.19 bits per heavy atom. The summed E-state index contributed by atoms with van der Waals surface area (Å²) < 4.78 is 6.44. The average Bonchev–Trinajstić information content (AvgIpc) is 3.49. The largest absolute Gasteiger partial charge is 0.370 e. The molecule has 176 valence electrons. The maximum atomic E-state index is 12.9. The van der Waals surface area contributed by atoms with E-state index in [1.165, 1.54) is 12.8 Å². The molecular formula is C27H40N2O3. The van der Waals surface area contributed by atoms with Gasteiger partial charge in [-0.1, -0.05) is 51.7 Å². The van der Waals surface area contributed by atoms with E-state index in [0.29, 0.717) is 11.8 Å². The van der Waals surface area contributed by atoms with Crippen molar-refractivity contribution in [2.45, 2.75) is 90.3 Å². The van der Waals surface area contributed by atoms with Gasteiger partial charge in [-0.25, -0.2) is 0 Å². The summed E-state index contributed by atoms with van der Waals surface area (Å²) in [6, 6.07) is 8.17. The van der Waals surface area contributed by atoms with E-state index in [0.717, 1.165) is 75.7 Å². The van der Waals surface area contributed by atoms with Crippen LogP contribution in [0.1, 0.15) is 89.7 Å². The number of piperidine rings is 1. The van der Waals surface area contributed by atoms with Gasteiger partial charge < -0.3 is 15.0 Å². The predicted molar refractivity (Wildman–Crippen MR) is 127 cm³/mol. The molecule has 1 aliphatic carbocycles. The first-order chi connectivity index (χ1) is 15.6. The summed E-state index contributed by atoms with van der Waals surface area (Å²) in [7, 11) is 0. The first kappa shape index (κ1) is 23.3. The Bertz CT molecular complexity index is 789. The number of ether oxygens (including phenoxy) is 1. The zero-order valence-electron chi connectivity index (χ0n) is 19.9. The number of fused-ring (bicyclic) bond motifs is 1. The maximum absolute atomic E-state index is 12.9. The lowest BCUT2D eigenvalue weighted by Crippen LogP contribution is -2.46. The first-order valence-electron chi connectivity index (χ1n) is 12.9. The molecule has 1 aromatic rings. The molecule has 0 radical (unpaired) electrons. The molecule has 5 heteroatoms. The zero-order valence-corrected chi connectivity index (χ0v) is 19.9. The van der Waals surface area contributed by atoms with Gasteiger partial charge in [0.2, 0.25) is 11.8 Å². The Labute approximate surface area is 193 Å². The quantitative estimate of drug-likeness (QED) is 0.563. The number of hydrogen-bond acceptors (Lipinski definition) is 3. The minimum Gasteiger partial charge on any atom is -0.370 e. The van der Waals surface area contributed by atoms with E-state index in [2.05, 4.69) is 36.2 Å². The van der Waals surface area contributed by atoms with Crippen LogP contribution in [0.15, 0.2) is 24.3 Å². The summed E-state index contributed by atoms with van der Waals surface area (Å²) in [5, 5.41) is 3.13. The normalized spacial score (nSPS) is 26.7. The standard InChI is InChI=1S/C27H40N2O3/c1-3-5-9-19(4-2)26(30)28-23-13-8-12-21(16-23)25-17-22-18-29(15-14-24(22)32-25)27(31)20-10-6-7-11-20/h8,12-13,16,19-20,22,24-25H,3-7,9-11,14-15,17-18H2,1-2H3,(H,28,30). The zero-order chi connectivity index (χ0) is 22.5. The van der Waals surface area contributed by atoms with Crippen molar-refractivity contribution in [2.75, 3.05) is 18.4 Å². The smallest absolute Gasteiger partial charge is 0.227 e. The molecule has 2 aliphatic heterocycles. The van der Waals surface area contributed by atoms with E-state index in [1.54, 1.807) is 0 Å². The first-order valence-corrected chi connectivity index (χ1v) is 12.9. The molecule has 0 bridgehead atoms. The highest BCUT2D eigenvalue weighted by molar-refractivity contribution is 5.92. The number of nitrogens with one attached hydrogen (secondary N) is 1. The fourth-order valence-electron chi connectivity index (χ4n) is 5.84. The van der Waals surface area contributed by atoms with Crippen molar-refractivity contribution in [3.05, 3.63) is 29.8 Å². The summed E-state index contributed by atoms with van der Waals surface area (Å²) in [6.07, 6.45) is 10.7. The highest BCUT2D eigenvalue weighted by Crippen LogP contribution is 2.42. The molecule has 1 N–H and O–H groups in total. The molecule has 32 heavy (non-hydrogen) atoms. The summed E-state index contributed by atoms with van der Waals surface area (Å²) in [6.45, 7) is 5.92. The van der Waals surface area contributed by atoms with Crippen LogP contribution in [0.2, 0.25) is 0 Å². The second-order valence-electron chi connectivity index (χ2n) is 10.1. The number of unbranched alkanes of at least 4 members (excludes halogenated alkanes) is 1. The van der Waals surface area contributed by atoms with Crippen molar-refractivity contribution in [1.82, 2.24) is 4.90 Å². The predicted octanol–water partition coefficient (Wildman–Crippen LogP) is 5.71. The second kappa shape index (κ2) is 10.8. The third kappa shape index (κ3) is 5.36. The molecule has 4 unspecified atom stereocenters. The van der Waals surface area contributed by atoms with Crippen LogP contribution < -0.4 is 5.32 Å². The van der Waals surface area contributed by atoms with Gasteiger partial charge in [0.15, 0.2) is 0 Å². The van der Waals surface area contributed by atoms with E-state index in [4.69, 9.17) is 4.74 Å². The van der Waals surface area contributed by atoms with Gasteiger partial charge in [0, 0.05) is 36.5 Å².